The Labute approximate surface area is 126 Å². The fraction of sp³-hybridized carbons (Fsp3) is 0.154. The molecule has 0 aliphatic carbocycles. The third-order valence-corrected chi connectivity index (χ3v) is 3.45. The molecule has 0 saturated heterocycles. The molecule has 0 aliphatic heterocycles. The van der Waals surface area contributed by atoms with E-state index in [1.807, 2.05) is 0 Å². The van der Waals surface area contributed by atoms with Crippen molar-refractivity contribution in [3.05, 3.63) is 38.6 Å². The number of carboxylic acid groups (broad SMARTS) is 1. The van der Waals surface area contributed by atoms with Crippen LogP contribution in [-0.4, -0.2) is 33.2 Å². The Morgan fingerprint density at radius 3 is 2.67 bits per heavy atom. The largest absolute Gasteiger partial charge is 0.506 e. The van der Waals surface area contributed by atoms with Gasteiger partial charge in [-0.25, -0.2) is 0 Å². The van der Waals surface area contributed by atoms with Gasteiger partial charge in [-0.05, 0) is 18.2 Å². The van der Waals surface area contributed by atoms with Crippen molar-refractivity contribution in [2.75, 3.05) is 6.54 Å². The lowest BCUT2D eigenvalue weighted by Gasteiger charge is -2.11. The van der Waals surface area contributed by atoms with E-state index in [9.17, 15) is 19.5 Å². The van der Waals surface area contributed by atoms with Crippen LogP contribution in [0.3, 0.4) is 0 Å². The van der Waals surface area contributed by atoms with Gasteiger partial charge < -0.3 is 20.1 Å². The lowest BCUT2D eigenvalue weighted by molar-refractivity contribution is -0.135. The highest BCUT2D eigenvalue weighted by Gasteiger charge is 2.21. The average Bonchev–Trinajstić information content (AvgIpc) is 2.42. The maximum Gasteiger partial charge on any atom is 0.322 e. The smallest absolute Gasteiger partial charge is 0.322 e. The molecular formula is C13H11BrN2O5. The molecule has 2 rings (SSSR count). The predicted molar refractivity (Wildman–Crippen MR) is 78.5 cm³/mol. The molecule has 0 atom stereocenters. The summed E-state index contributed by atoms with van der Waals surface area (Å²) in [6, 6.07) is 4.85. The van der Waals surface area contributed by atoms with Gasteiger partial charge in [0.15, 0.2) is 0 Å². The summed E-state index contributed by atoms with van der Waals surface area (Å²) >= 11 is 3.26. The zero-order valence-corrected chi connectivity index (χ0v) is 12.5. The highest BCUT2D eigenvalue weighted by Crippen LogP contribution is 2.28. The van der Waals surface area contributed by atoms with Crippen LogP contribution in [0.25, 0.3) is 10.9 Å². The van der Waals surface area contributed by atoms with Crippen LogP contribution in [0.5, 0.6) is 5.75 Å². The van der Waals surface area contributed by atoms with Crippen LogP contribution in [0, 0.1) is 0 Å². The Balaban J connectivity index is 2.65. The first-order valence-corrected chi connectivity index (χ1v) is 6.63. The Kier molecular flexibility index (Phi) is 3.99. The van der Waals surface area contributed by atoms with Gasteiger partial charge >= 0.3 is 5.97 Å². The Bertz CT molecular complexity index is 812. The van der Waals surface area contributed by atoms with Crippen molar-refractivity contribution >= 4 is 38.7 Å². The number of amides is 1. The minimum atomic E-state index is -1.25. The van der Waals surface area contributed by atoms with E-state index in [-0.39, 0.29) is 0 Å². The lowest BCUT2D eigenvalue weighted by Crippen LogP contribution is -2.35. The number of nitrogens with zero attached hydrogens (tertiary/aromatic N) is 1. The maximum absolute atomic E-state index is 12.2. The number of carbonyl (C=O) groups is 2. The number of rotatable bonds is 3. The Morgan fingerprint density at radius 1 is 1.38 bits per heavy atom. The molecular weight excluding hydrogens is 344 g/mol. The number of hydrogen-bond donors (Lipinski definition) is 3. The number of aryl methyl sites for hydroxylation is 1. The summed E-state index contributed by atoms with van der Waals surface area (Å²) in [5.41, 5.74) is -0.740. The normalized spacial score (nSPS) is 10.6. The van der Waals surface area contributed by atoms with E-state index < -0.39 is 35.3 Å². The number of aromatic hydroxyl groups is 1. The molecule has 0 spiro atoms. The van der Waals surface area contributed by atoms with Crippen LogP contribution in [0.2, 0.25) is 0 Å². The third kappa shape index (κ3) is 2.75. The third-order valence-electron chi connectivity index (χ3n) is 2.96. The first kappa shape index (κ1) is 15.0. The minimum absolute atomic E-state index is 0.320. The first-order chi connectivity index (χ1) is 9.82. The highest BCUT2D eigenvalue weighted by molar-refractivity contribution is 9.10. The molecule has 1 aromatic carbocycles. The number of pyridine rings is 1. The van der Waals surface area contributed by atoms with E-state index in [1.54, 1.807) is 18.2 Å². The number of hydrogen-bond acceptors (Lipinski definition) is 4. The molecule has 1 amide bonds. The fourth-order valence-electron chi connectivity index (χ4n) is 1.94. The number of aromatic nitrogens is 1. The molecule has 0 fully saturated rings. The van der Waals surface area contributed by atoms with Crippen molar-refractivity contribution in [3.8, 4) is 5.75 Å². The average molecular weight is 355 g/mol. The fourth-order valence-corrected chi connectivity index (χ4v) is 2.29. The van der Waals surface area contributed by atoms with Crippen molar-refractivity contribution in [2.24, 2.45) is 7.05 Å². The Morgan fingerprint density at radius 2 is 2.05 bits per heavy atom. The molecule has 7 nitrogen and oxygen atoms in total. The van der Waals surface area contributed by atoms with Crippen molar-refractivity contribution < 1.29 is 19.8 Å². The molecule has 0 saturated carbocycles. The van der Waals surface area contributed by atoms with Gasteiger partial charge in [0.05, 0.1) is 5.52 Å². The SMILES string of the molecule is Cn1c(=O)c(C(=O)NCC(=O)O)c(O)c2ccc(Br)cc21. The molecule has 0 unspecified atom stereocenters. The van der Waals surface area contributed by atoms with E-state index in [2.05, 4.69) is 21.2 Å². The van der Waals surface area contributed by atoms with E-state index in [0.717, 1.165) is 0 Å². The van der Waals surface area contributed by atoms with Crippen LogP contribution in [-0.2, 0) is 11.8 Å². The molecule has 3 N–H and O–H groups in total. The van der Waals surface area contributed by atoms with Gasteiger partial charge in [-0.1, -0.05) is 15.9 Å². The molecule has 0 aliphatic rings. The van der Waals surface area contributed by atoms with Crippen LogP contribution in [0.4, 0.5) is 0 Å². The van der Waals surface area contributed by atoms with Gasteiger partial charge in [-0.15, -0.1) is 0 Å². The van der Waals surface area contributed by atoms with Crippen molar-refractivity contribution in [2.45, 2.75) is 0 Å². The molecule has 0 bridgehead atoms. The minimum Gasteiger partial charge on any atom is -0.506 e. The van der Waals surface area contributed by atoms with Gasteiger partial charge in [0, 0.05) is 16.9 Å². The van der Waals surface area contributed by atoms with Gasteiger partial charge in [0.1, 0.15) is 17.9 Å². The van der Waals surface area contributed by atoms with Crippen LogP contribution < -0.4 is 10.9 Å². The van der Waals surface area contributed by atoms with Gasteiger partial charge in [0.2, 0.25) is 0 Å². The number of nitrogens with one attached hydrogen (secondary N) is 1. The molecule has 110 valence electrons. The second kappa shape index (κ2) is 5.57. The molecule has 1 heterocycles. The summed E-state index contributed by atoms with van der Waals surface area (Å²) in [5.74, 6) is -2.65. The summed E-state index contributed by atoms with van der Waals surface area (Å²) in [6.07, 6.45) is 0. The maximum atomic E-state index is 12.2. The number of carbonyl (C=O) groups excluding carboxylic acids is 1. The molecule has 21 heavy (non-hydrogen) atoms. The monoisotopic (exact) mass is 354 g/mol. The Hall–Kier alpha value is -2.35. The molecule has 2 aromatic rings. The van der Waals surface area contributed by atoms with Crippen LogP contribution in [0.15, 0.2) is 27.5 Å². The molecule has 1 aromatic heterocycles. The number of halogens is 1. The van der Waals surface area contributed by atoms with Gasteiger partial charge in [-0.2, -0.15) is 0 Å². The molecule has 8 heteroatoms. The molecule has 0 radical (unpaired) electrons. The van der Waals surface area contributed by atoms with Crippen LogP contribution >= 0.6 is 15.9 Å². The topological polar surface area (TPSA) is 109 Å². The zero-order chi connectivity index (χ0) is 15.7. The lowest BCUT2D eigenvalue weighted by atomic mass is 10.1. The summed E-state index contributed by atoms with van der Waals surface area (Å²) in [4.78, 5) is 34.5. The highest BCUT2D eigenvalue weighted by atomic mass is 79.9. The van der Waals surface area contributed by atoms with Crippen LogP contribution in [0.1, 0.15) is 10.4 Å². The predicted octanol–water partition coefficient (Wildman–Crippen LogP) is 0.821. The first-order valence-electron chi connectivity index (χ1n) is 5.84. The van der Waals surface area contributed by atoms with Gasteiger partial charge in [0.25, 0.3) is 11.5 Å². The second-order valence-corrected chi connectivity index (χ2v) is 5.24. The second-order valence-electron chi connectivity index (χ2n) is 4.33. The number of carboxylic acids is 1. The van der Waals surface area contributed by atoms with E-state index in [1.165, 1.54) is 11.6 Å². The summed E-state index contributed by atoms with van der Waals surface area (Å²) in [5, 5.41) is 21.1. The van der Waals surface area contributed by atoms with E-state index in [0.29, 0.717) is 15.4 Å². The van der Waals surface area contributed by atoms with E-state index in [4.69, 9.17) is 5.11 Å². The zero-order valence-electron chi connectivity index (χ0n) is 10.9. The van der Waals surface area contributed by atoms with Crippen molar-refractivity contribution in [3.63, 3.8) is 0 Å². The number of fused-ring (bicyclic) bond motifs is 1. The number of aliphatic carboxylic acids is 1. The van der Waals surface area contributed by atoms with E-state index >= 15 is 0 Å². The quantitative estimate of drug-likeness (QED) is 0.756. The number of benzene rings is 1. The summed E-state index contributed by atoms with van der Waals surface area (Å²) < 4.78 is 1.93. The van der Waals surface area contributed by atoms with Crippen molar-refractivity contribution in [1.29, 1.82) is 0 Å². The van der Waals surface area contributed by atoms with Gasteiger partial charge in [-0.3, -0.25) is 14.4 Å². The summed E-state index contributed by atoms with van der Waals surface area (Å²) in [6.45, 7) is -0.639. The van der Waals surface area contributed by atoms with Crippen molar-refractivity contribution in [1.82, 2.24) is 9.88 Å². The standard InChI is InChI=1S/C13H11BrN2O5/c1-16-8-4-6(14)2-3-7(8)11(19)10(13(16)21)12(20)15-5-9(17)18/h2-4,19H,5H2,1H3,(H,15,20)(H,17,18). The summed E-state index contributed by atoms with van der Waals surface area (Å²) in [7, 11) is 1.46.